The summed E-state index contributed by atoms with van der Waals surface area (Å²) in [4.78, 5) is 24.6. The Labute approximate surface area is 208 Å². The van der Waals surface area contributed by atoms with E-state index in [-0.39, 0.29) is 41.6 Å². The number of carbonyl (C=O) groups is 2. The fourth-order valence-electron chi connectivity index (χ4n) is 5.36. The van der Waals surface area contributed by atoms with Crippen molar-refractivity contribution in [3.05, 3.63) is 57.6 Å². The minimum atomic E-state index is -1.04. The van der Waals surface area contributed by atoms with E-state index < -0.39 is 23.8 Å². The molecule has 0 fully saturated rings. The molecule has 6 nitrogen and oxygen atoms in total. The van der Waals surface area contributed by atoms with E-state index in [1.807, 2.05) is 55.4 Å². The van der Waals surface area contributed by atoms with Crippen LogP contribution in [0.5, 0.6) is 11.5 Å². The van der Waals surface area contributed by atoms with Gasteiger partial charge < -0.3 is 20.4 Å². The molecule has 0 bridgehead atoms. The van der Waals surface area contributed by atoms with Crippen LogP contribution in [0, 0.1) is 25.7 Å². The summed E-state index contributed by atoms with van der Waals surface area (Å²) in [7, 11) is 0. The normalized spacial score (nSPS) is 13.9. The lowest BCUT2D eigenvalue weighted by Gasteiger charge is -2.29. The zero-order valence-corrected chi connectivity index (χ0v) is 22.2. The number of carboxylic acid groups (broad SMARTS) is 2. The van der Waals surface area contributed by atoms with Crippen LogP contribution in [0.4, 0.5) is 0 Å². The number of phenolic OH excluding ortho intramolecular Hbond substituents is 2. The summed E-state index contributed by atoms with van der Waals surface area (Å²) in [5.74, 6) is -3.58. The third-order valence-corrected chi connectivity index (χ3v) is 6.75. The average Bonchev–Trinajstić information content (AvgIpc) is 2.69. The first kappa shape index (κ1) is 28.2. The maximum Gasteiger partial charge on any atom is 0.306 e. The lowest BCUT2D eigenvalue weighted by atomic mass is 9.76. The predicted octanol–water partition coefficient (Wildman–Crippen LogP) is 5.89. The second-order valence-corrected chi connectivity index (χ2v) is 11.7. The van der Waals surface area contributed by atoms with Crippen molar-refractivity contribution in [1.29, 1.82) is 0 Å². The molecule has 0 aliphatic heterocycles. The van der Waals surface area contributed by atoms with Gasteiger partial charge >= 0.3 is 11.9 Å². The van der Waals surface area contributed by atoms with Crippen LogP contribution in [0.3, 0.4) is 0 Å². The number of aromatic hydroxyl groups is 2. The zero-order valence-electron chi connectivity index (χ0n) is 22.2. The second-order valence-electron chi connectivity index (χ2n) is 11.7. The second kappa shape index (κ2) is 10.3. The van der Waals surface area contributed by atoms with Gasteiger partial charge in [-0.05, 0) is 89.5 Å². The van der Waals surface area contributed by atoms with Crippen LogP contribution >= 0.6 is 0 Å². The van der Waals surface area contributed by atoms with Crippen LogP contribution in [0.15, 0.2) is 24.3 Å². The van der Waals surface area contributed by atoms with E-state index in [0.29, 0.717) is 11.1 Å². The van der Waals surface area contributed by atoms with Gasteiger partial charge in [-0.25, -0.2) is 0 Å². The topological polar surface area (TPSA) is 115 Å². The molecule has 35 heavy (non-hydrogen) atoms. The van der Waals surface area contributed by atoms with Crippen LogP contribution in [-0.4, -0.2) is 32.4 Å². The highest BCUT2D eigenvalue weighted by atomic mass is 16.4. The Morgan fingerprint density at radius 1 is 0.686 bits per heavy atom. The molecule has 4 N–H and O–H groups in total. The quantitative estimate of drug-likeness (QED) is 0.372. The molecule has 192 valence electrons. The van der Waals surface area contributed by atoms with Crippen molar-refractivity contribution >= 4 is 11.9 Å². The summed E-state index contributed by atoms with van der Waals surface area (Å²) in [6.07, 6.45) is 0.318. The third-order valence-electron chi connectivity index (χ3n) is 6.75. The van der Waals surface area contributed by atoms with Gasteiger partial charge in [-0.2, -0.15) is 0 Å². The van der Waals surface area contributed by atoms with Gasteiger partial charge in [-0.15, -0.1) is 0 Å². The van der Waals surface area contributed by atoms with Gasteiger partial charge in [-0.1, -0.05) is 53.7 Å². The van der Waals surface area contributed by atoms with Gasteiger partial charge in [0.15, 0.2) is 0 Å². The molecule has 2 atom stereocenters. The molecule has 0 saturated carbocycles. The Morgan fingerprint density at radius 2 is 1.00 bits per heavy atom. The number of hydrogen-bond acceptors (Lipinski definition) is 4. The molecule has 0 heterocycles. The van der Waals surface area contributed by atoms with E-state index in [2.05, 4.69) is 0 Å². The van der Waals surface area contributed by atoms with E-state index in [9.17, 15) is 30.0 Å². The Balaban J connectivity index is 2.45. The Morgan fingerprint density at radius 3 is 1.26 bits per heavy atom. The van der Waals surface area contributed by atoms with Crippen molar-refractivity contribution in [3.63, 3.8) is 0 Å². The van der Waals surface area contributed by atoms with Crippen molar-refractivity contribution in [2.45, 2.75) is 85.5 Å². The number of benzene rings is 2. The first-order valence-corrected chi connectivity index (χ1v) is 12.0. The molecule has 2 rings (SSSR count). The van der Waals surface area contributed by atoms with Crippen LogP contribution in [-0.2, 0) is 33.3 Å². The zero-order chi connectivity index (χ0) is 26.9. The lowest BCUT2D eigenvalue weighted by molar-refractivity contribution is -0.145. The van der Waals surface area contributed by atoms with Crippen LogP contribution < -0.4 is 0 Å². The first-order valence-electron chi connectivity index (χ1n) is 12.0. The molecule has 0 aliphatic rings. The molecule has 0 saturated heterocycles. The van der Waals surface area contributed by atoms with Crippen LogP contribution in [0.25, 0.3) is 0 Å². The molecule has 0 aromatic heterocycles. The molecule has 2 aromatic carbocycles. The summed E-state index contributed by atoms with van der Waals surface area (Å²) in [5, 5.41) is 40.5. The lowest BCUT2D eigenvalue weighted by Crippen LogP contribution is -2.28. The summed E-state index contributed by atoms with van der Waals surface area (Å²) >= 11 is 0. The molecule has 2 aromatic rings. The van der Waals surface area contributed by atoms with Gasteiger partial charge in [-0.3, -0.25) is 9.59 Å². The summed E-state index contributed by atoms with van der Waals surface area (Å²) in [6, 6.07) is 6.63. The average molecular weight is 485 g/mol. The van der Waals surface area contributed by atoms with E-state index in [0.717, 1.165) is 22.3 Å². The number of hydrogen-bond donors (Lipinski definition) is 4. The predicted molar refractivity (Wildman–Crippen MR) is 137 cm³/mol. The van der Waals surface area contributed by atoms with Gasteiger partial charge in [0.1, 0.15) is 11.5 Å². The summed E-state index contributed by atoms with van der Waals surface area (Å²) < 4.78 is 0. The highest BCUT2D eigenvalue weighted by Gasteiger charge is 2.32. The largest absolute Gasteiger partial charge is 0.508 e. The molecule has 6 heteroatoms. The molecule has 2 unspecified atom stereocenters. The molecule has 0 spiro atoms. The van der Waals surface area contributed by atoms with Gasteiger partial charge in [0.2, 0.25) is 0 Å². The highest BCUT2D eigenvalue weighted by Crippen LogP contribution is 2.38. The van der Waals surface area contributed by atoms with E-state index in [1.165, 1.54) is 0 Å². The maximum atomic E-state index is 12.3. The van der Waals surface area contributed by atoms with Gasteiger partial charge in [0, 0.05) is 0 Å². The summed E-state index contributed by atoms with van der Waals surface area (Å²) in [5.41, 5.74) is 4.17. The summed E-state index contributed by atoms with van der Waals surface area (Å²) in [6.45, 7) is 15.7. The van der Waals surface area contributed by atoms with Crippen molar-refractivity contribution in [2.24, 2.45) is 11.8 Å². The minimum absolute atomic E-state index is 0.0301. The highest BCUT2D eigenvalue weighted by molar-refractivity contribution is 5.74. The van der Waals surface area contributed by atoms with Crippen molar-refractivity contribution < 1.29 is 30.0 Å². The van der Waals surface area contributed by atoms with Crippen molar-refractivity contribution in [3.8, 4) is 11.5 Å². The van der Waals surface area contributed by atoms with E-state index >= 15 is 0 Å². The van der Waals surface area contributed by atoms with Crippen LogP contribution in [0.1, 0.15) is 81.3 Å². The first-order chi connectivity index (χ1) is 15.9. The Bertz CT molecular complexity index is 1010. The molecule has 0 radical (unpaired) electrons. The molecular formula is C29H40O6. The SMILES string of the molecule is Cc1c(O)ccc(CC(CC(Cc2ccc(O)c(C)c2C(C)(C)C)C(=O)O)C(=O)O)c1C(C)(C)C. The standard InChI is InChI=1S/C29H40O6/c1-16-22(30)11-9-18(24(16)28(3,4)5)13-20(26(32)33)15-21(27(34)35)14-19-10-12-23(31)17(2)25(19)29(6,7)8/h9-12,20-21,30-31H,13-15H2,1-8H3,(H,32,33)(H,34,35). The maximum absolute atomic E-state index is 12.3. The number of carboxylic acids is 2. The molecular weight excluding hydrogens is 444 g/mol. The minimum Gasteiger partial charge on any atom is -0.508 e. The monoisotopic (exact) mass is 484 g/mol. The molecule has 0 aliphatic carbocycles. The van der Waals surface area contributed by atoms with E-state index in [4.69, 9.17) is 0 Å². The molecule has 0 amide bonds. The van der Waals surface area contributed by atoms with Crippen LogP contribution in [0.2, 0.25) is 0 Å². The smallest absolute Gasteiger partial charge is 0.306 e. The third kappa shape index (κ3) is 6.56. The van der Waals surface area contributed by atoms with Gasteiger partial charge in [0.25, 0.3) is 0 Å². The van der Waals surface area contributed by atoms with E-state index in [1.54, 1.807) is 24.3 Å². The Hall–Kier alpha value is -3.02. The fraction of sp³-hybridized carbons (Fsp3) is 0.517. The Kier molecular flexibility index (Phi) is 8.31. The fourth-order valence-corrected chi connectivity index (χ4v) is 5.36. The van der Waals surface area contributed by atoms with Crippen molar-refractivity contribution in [2.75, 3.05) is 0 Å². The van der Waals surface area contributed by atoms with Crippen molar-refractivity contribution in [1.82, 2.24) is 0 Å². The van der Waals surface area contributed by atoms with Gasteiger partial charge in [0.05, 0.1) is 11.8 Å². The number of aliphatic carboxylic acids is 2. The number of rotatable bonds is 8. The number of phenols is 2.